The zero-order valence-corrected chi connectivity index (χ0v) is 9.21. The predicted molar refractivity (Wildman–Crippen MR) is 56.2 cm³/mol. The molecule has 0 aromatic carbocycles. The third-order valence-electron chi connectivity index (χ3n) is 1.58. The molecule has 15 heavy (non-hydrogen) atoms. The predicted octanol–water partition coefficient (Wildman–Crippen LogP) is -1.40. The summed E-state index contributed by atoms with van der Waals surface area (Å²) < 4.78 is 4.75. The molecule has 0 heterocycles. The van der Waals surface area contributed by atoms with Gasteiger partial charge in [-0.25, -0.2) is 0 Å². The highest BCUT2D eigenvalue weighted by Crippen LogP contribution is 1.84. The molecular formula is C9H19N3O3. The van der Waals surface area contributed by atoms with Crippen molar-refractivity contribution in [2.24, 2.45) is 5.73 Å². The molecule has 0 radical (unpaired) electrons. The van der Waals surface area contributed by atoms with Crippen molar-refractivity contribution >= 4 is 11.8 Å². The third kappa shape index (κ3) is 9.17. The molecule has 0 aromatic rings. The van der Waals surface area contributed by atoms with Gasteiger partial charge in [0.05, 0.1) is 13.2 Å². The molecule has 1 atom stereocenters. The topological polar surface area (TPSA) is 93.5 Å². The van der Waals surface area contributed by atoms with Gasteiger partial charge in [0.15, 0.2) is 0 Å². The molecule has 0 saturated carbocycles. The summed E-state index contributed by atoms with van der Waals surface area (Å²) >= 11 is 0. The molecule has 0 aliphatic heterocycles. The number of nitrogens with two attached hydrogens (primary N) is 1. The van der Waals surface area contributed by atoms with Gasteiger partial charge in [0.2, 0.25) is 11.8 Å². The number of hydrogen-bond donors (Lipinski definition) is 3. The van der Waals surface area contributed by atoms with Crippen LogP contribution in [0.5, 0.6) is 0 Å². The van der Waals surface area contributed by atoms with Gasteiger partial charge < -0.3 is 21.1 Å². The van der Waals surface area contributed by atoms with Crippen LogP contribution in [-0.2, 0) is 14.3 Å². The summed E-state index contributed by atoms with van der Waals surface area (Å²) in [6, 6.07) is -0.193. The van der Waals surface area contributed by atoms with Crippen molar-refractivity contribution in [1.29, 1.82) is 0 Å². The molecule has 1 unspecified atom stereocenters. The SMILES string of the molecule is COCCNC(=O)CNC(=O)CC(C)N. The van der Waals surface area contributed by atoms with Crippen molar-refractivity contribution in [3.63, 3.8) is 0 Å². The molecule has 6 nitrogen and oxygen atoms in total. The minimum atomic E-state index is -0.231. The number of ether oxygens (including phenoxy) is 1. The van der Waals surface area contributed by atoms with E-state index in [-0.39, 0.29) is 30.8 Å². The lowest BCUT2D eigenvalue weighted by Gasteiger charge is -2.07. The number of methoxy groups -OCH3 is 1. The van der Waals surface area contributed by atoms with Crippen LogP contribution in [0.25, 0.3) is 0 Å². The minimum absolute atomic E-state index is 0.0186. The van der Waals surface area contributed by atoms with Gasteiger partial charge in [0.1, 0.15) is 0 Å². The maximum Gasteiger partial charge on any atom is 0.239 e. The zero-order chi connectivity index (χ0) is 11.7. The molecule has 0 spiro atoms. The maximum absolute atomic E-state index is 11.1. The molecule has 0 fully saturated rings. The van der Waals surface area contributed by atoms with Crippen LogP contribution in [-0.4, -0.2) is 44.7 Å². The monoisotopic (exact) mass is 217 g/mol. The minimum Gasteiger partial charge on any atom is -0.383 e. The molecule has 4 N–H and O–H groups in total. The summed E-state index contributed by atoms with van der Waals surface area (Å²) in [6.45, 7) is 2.62. The van der Waals surface area contributed by atoms with Crippen molar-refractivity contribution < 1.29 is 14.3 Å². The molecule has 0 aliphatic rings. The van der Waals surface area contributed by atoms with Crippen molar-refractivity contribution in [3.8, 4) is 0 Å². The third-order valence-corrected chi connectivity index (χ3v) is 1.58. The molecule has 0 aromatic heterocycles. The van der Waals surface area contributed by atoms with Crippen molar-refractivity contribution in [1.82, 2.24) is 10.6 Å². The Labute approximate surface area is 89.5 Å². The second-order valence-electron chi connectivity index (χ2n) is 3.30. The molecule has 88 valence electrons. The highest BCUT2D eigenvalue weighted by molar-refractivity contribution is 5.84. The Morgan fingerprint density at radius 2 is 2.00 bits per heavy atom. The van der Waals surface area contributed by atoms with Crippen LogP contribution in [0.1, 0.15) is 13.3 Å². The summed E-state index contributed by atoms with van der Waals surface area (Å²) in [5.41, 5.74) is 5.42. The second kappa shape index (κ2) is 8.19. The molecule has 0 bridgehead atoms. The van der Waals surface area contributed by atoms with Crippen molar-refractivity contribution in [2.75, 3.05) is 26.8 Å². The smallest absolute Gasteiger partial charge is 0.239 e. The van der Waals surface area contributed by atoms with Crippen LogP contribution in [0.4, 0.5) is 0 Å². The summed E-state index contributed by atoms with van der Waals surface area (Å²) in [5.74, 6) is -0.447. The lowest BCUT2D eigenvalue weighted by atomic mass is 10.2. The van der Waals surface area contributed by atoms with Crippen LogP contribution >= 0.6 is 0 Å². The van der Waals surface area contributed by atoms with Gasteiger partial charge in [-0.3, -0.25) is 9.59 Å². The van der Waals surface area contributed by atoms with Crippen LogP contribution in [0.3, 0.4) is 0 Å². The quantitative estimate of drug-likeness (QED) is 0.457. The molecule has 6 heteroatoms. The molecule has 0 aliphatic carbocycles. The van der Waals surface area contributed by atoms with Gasteiger partial charge in [-0.15, -0.1) is 0 Å². The van der Waals surface area contributed by atoms with E-state index in [1.807, 2.05) is 0 Å². The molecule has 0 saturated heterocycles. The Bertz CT molecular complexity index is 207. The Morgan fingerprint density at radius 1 is 1.33 bits per heavy atom. The van der Waals surface area contributed by atoms with Gasteiger partial charge >= 0.3 is 0 Å². The van der Waals surface area contributed by atoms with Gasteiger partial charge in [0, 0.05) is 26.1 Å². The van der Waals surface area contributed by atoms with E-state index in [2.05, 4.69) is 10.6 Å². The fourth-order valence-electron chi connectivity index (χ4n) is 0.898. The lowest BCUT2D eigenvalue weighted by Crippen LogP contribution is -2.39. The summed E-state index contributed by atoms with van der Waals surface area (Å²) in [4.78, 5) is 22.2. The van der Waals surface area contributed by atoms with E-state index in [9.17, 15) is 9.59 Å². The Balaban J connectivity index is 3.49. The van der Waals surface area contributed by atoms with Gasteiger partial charge in [-0.1, -0.05) is 0 Å². The first-order chi connectivity index (χ1) is 7.06. The number of hydrogen-bond acceptors (Lipinski definition) is 4. The van der Waals surface area contributed by atoms with E-state index in [1.165, 1.54) is 0 Å². The number of rotatable bonds is 7. The van der Waals surface area contributed by atoms with Crippen molar-refractivity contribution in [2.45, 2.75) is 19.4 Å². The number of carbonyl (C=O) groups excluding carboxylic acids is 2. The van der Waals surface area contributed by atoms with Gasteiger partial charge in [-0.2, -0.15) is 0 Å². The Kier molecular flexibility index (Phi) is 7.57. The van der Waals surface area contributed by atoms with Crippen LogP contribution in [0.15, 0.2) is 0 Å². The van der Waals surface area contributed by atoms with Gasteiger partial charge in [0.25, 0.3) is 0 Å². The zero-order valence-electron chi connectivity index (χ0n) is 9.21. The molecule has 2 amide bonds. The van der Waals surface area contributed by atoms with E-state index in [0.29, 0.717) is 13.2 Å². The van der Waals surface area contributed by atoms with E-state index in [4.69, 9.17) is 10.5 Å². The normalized spacial score (nSPS) is 11.9. The molecular weight excluding hydrogens is 198 g/mol. The molecule has 0 rings (SSSR count). The van der Waals surface area contributed by atoms with Crippen LogP contribution < -0.4 is 16.4 Å². The van der Waals surface area contributed by atoms with E-state index in [0.717, 1.165) is 0 Å². The second-order valence-corrected chi connectivity index (χ2v) is 3.30. The Morgan fingerprint density at radius 3 is 2.53 bits per heavy atom. The van der Waals surface area contributed by atoms with Gasteiger partial charge in [-0.05, 0) is 6.92 Å². The summed E-state index contributed by atoms with van der Waals surface area (Å²) in [6.07, 6.45) is 0.228. The average Bonchev–Trinajstić information content (AvgIpc) is 2.14. The summed E-state index contributed by atoms with van der Waals surface area (Å²) in [7, 11) is 1.55. The van der Waals surface area contributed by atoms with E-state index < -0.39 is 0 Å². The van der Waals surface area contributed by atoms with Crippen molar-refractivity contribution in [3.05, 3.63) is 0 Å². The van der Waals surface area contributed by atoms with E-state index in [1.54, 1.807) is 14.0 Å². The standard InChI is InChI=1S/C9H19N3O3/c1-7(10)5-8(13)12-6-9(14)11-3-4-15-2/h7H,3-6,10H2,1-2H3,(H,11,14)(H,12,13). The van der Waals surface area contributed by atoms with Crippen LogP contribution in [0.2, 0.25) is 0 Å². The first-order valence-electron chi connectivity index (χ1n) is 4.84. The fourth-order valence-corrected chi connectivity index (χ4v) is 0.898. The fraction of sp³-hybridized carbons (Fsp3) is 0.778. The highest BCUT2D eigenvalue weighted by atomic mass is 16.5. The highest BCUT2D eigenvalue weighted by Gasteiger charge is 2.06. The van der Waals surface area contributed by atoms with Crippen LogP contribution in [0, 0.1) is 0 Å². The first-order valence-corrected chi connectivity index (χ1v) is 4.84. The lowest BCUT2D eigenvalue weighted by molar-refractivity contribution is -0.126. The number of carbonyl (C=O) groups is 2. The summed E-state index contributed by atoms with van der Waals surface area (Å²) in [5, 5.41) is 5.05. The largest absolute Gasteiger partial charge is 0.383 e. The van der Waals surface area contributed by atoms with E-state index >= 15 is 0 Å². The number of nitrogens with one attached hydrogen (secondary N) is 2. The first kappa shape index (κ1) is 13.9. The average molecular weight is 217 g/mol. The number of amides is 2. The Hall–Kier alpha value is -1.14. The maximum atomic E-state index is 11.1.